The van der Waals surface area contributed by atoms with E-state index in [0.717, 1.165) is 36.4 Å². The molecule has 0 saturated heterocycles. The summed E-state index contributed by atoms with van der Waals surface area (Å²) in [6.07, 6.45) is -4.69. The second-order valence-corrected chi connectivity index (χ2v) is 8.35. The molecule has 0 aliphatic carbocycles. The molecule has 0 amide bonds. The van der Waals surface area contributed by atoms with Gasteiger partial charge in [-0.25, -0.2) is 17.5 Å². The van der Waals surface area contributed by atoms with Crippen molar-refractivity contribution in [2.24, 2.45) is 0 Å². The Kier molecular flexibility index (Phi) is 6.01. The zero-order valence-electron chi connectivity index (χ0n) is 14.9. The lowest BCUT2D eigenvalue weighted by molar-refractivity contribution is -0.137. The lowest BCUT2D eigenvalue weighted by Gasteiger charge is -2.27. The second kappa shape index (κ2) is 7.77. The van der Waals surface area contributed by atoms with E-state index in [1.807, 2.05) is 0 Å². The fourth-order valence-corrected chi connectivity index (χ4v) is 3.79. The fraction of sp³-hybridized carbons (Fsp3) is 0.278. The van der Waals surface area contributed by atoms with E-state index in [0.29, 0.717) is 0 Å². The molecule has 2 rings (SSSR count). The molecule has 2 aromatic carbocycles. The summed E-state index contributed by atoms with van der Waals surface area (Å²) in [5.74, 6) is -0.582. The average molecular weight is 415 g/mol. The quantitative estimate of drug-likeness (QED) is 0.702. The molecule has 10 heteroatoms. The number of nitrogens with zero attached hydrogens (tertiary/aromatic N) is 1. The number of sulfonamides is 1. The molecular formula is C18H17F4N3O2S. The number of hydrogen-bond donors (Lipinski definition) is 2. The Morgan fingerprint density at radius 1 is 1.07 bits per heavy atom. The van der Waals surface area contributed by atoms with Crippen LogP contribution in [0.1, 0.15) is 25.0 Å². The highest BCUT2D eigenvalue weighted by molar-refractivity contribution is 7.89. The molecule has 0 spiro atoms. The van der Waals surface area contributed by atoms with Gasteiger partial charge >= 0.3 is 6.18 Å². The number of halogens is 4. The first-order valence-corrected chi connectivity index (χ1v) is 9.47. The Morgan fingerprint density at radius 3 is 2.21 bits per heavy atom. The summed E-state index contributed by atoms with van der Waals surface area (Å²) in [7, 11) is -3.96. The molecule has 0 unspecified atom stereocenters. The third-order valence-electron chi connectivity index (χ3n) is 3.71. The van der Waals surface area contributed by atoms with Crippen LogP contribution in [0.2, 0.25) is 0 Å². The van der Waals surface area contributed by atoms with E-state index in [9.17, 15) is 26.0 Å². The van der Waals surface area contributed by atoms with Gasteiger partial charge in [-0.2, -0.15) is 18.4 Å². The molecule has 0 fully saturated rings. The lowest BCUT2D eigenvalue weighted by atomic mass is 10.1. The number of nitriles is 1. The fourth-order valence-electron chi connectivity index (χ4n) is 2.38. The first-order valence-electron chi connectivity index (χ1n) is 7.99. The first-order chi connectivity index (χ1) is 12.8. The van der Waals surface area contributed by atoms with E-state index in [1.165, 1.54) is 26.0 Å². The van der Waals surface area contributed by atoms with Crippen LogP contribution in [0.15, 0.2) is 47.4 Å². The molecule has 150 valence electrons. The van der Waals surface area contributed by atoms with Crippen LogP contribution >= 0.6 is 0 Å². The van der Waals surface area contributed by atoms with Gasteiger partial charge in [0.1, 0.15) is 5.82 Å². The predicted octanol–water partition coefficient (Wildman–Crippen LogP) is 3.89. The van der Waals surface area contributed by atoms with Gasteiger partial charge in [-0.3, -0.25) is 0 Å². The third-order valence-corrected chi connectivity index (χ3v) is 5.43. The lowest BCUT2D eigenvalue weighted by Crippen LogP contribution is -2.48. The van der Waals surface area contributed by atoms with Gasteiger partial charge in [0.15, 0.2) is 0 Å². The maximum absolute atomic E-state index is 13.0. The van der Waals surface area contributed by atoms with Crippen molar-refractivity contribution in [2.45, 2.75) is 30.5 Å². The summed E-state index contributed by atoms with van der Waals surface area (Å²) < 4.78 is 79.3. The molecule has 28 heavy (non-hydrogen) atoms. The normalized spacial score (nSPS) is 12.5. The van der Waals surface area contributed by atoms with Crippen molar-refractivity contribution in [2.75, 3.05) is 11.9 Å². The number of nitrogens with one attached hydrogen (secondary N) is 2. The Hall–Kier alpha value is -2.64. The average Bonchev–Trinajstić information content (AvgIpc) is 2.58. The van der Waals surface area contributed by atoms with Gasteiger partial charge in [-0.05, 0) is 56.3 Å². The monoisotopic (exact) mass is 415 g/mol. The van der Waals surface area contributed by atoms with E-state index in [2.05, 4.69) is 10.0 Å². The van der Waals surface area contributed by atoms with Gasteiger partial charge < -0.3 is 5.32 Å². The highest BCUT2D eigenvalue weighted by Crippen LogP contribution is 2.33. The maximum atomic E-state index is 13.0. The molecule has 0 atom stereocenters. The molecule has 0 saturated carbocycles. The molecule has 0 radical (unpaired) electrons. The van der Waals surface area contributed by atoms with Gasteiger partial charge in [0.25, 0.3) is 0 Å². The highest BCUT2D eigenvalue weighted by Gasteiger charge is 2.34. The molecule has 5 nitrogen and oxygen atoms in total. The summed E-state index contributed by atoms with van der Waals surface area (Å²) >= 11 is 0. The predicted molar refractivity (Wildman–Crippen MR) is 95.4 cm³/mol. The van der Waals surface area contributed by atoms with Crippen molar-refractivity contribution in [1.82, 2.24) is 4.72 Å². The van der Waals surface area contributed by atoms with Gasteiger partial charge in [-0.1, -0.05) is 0 Å². The van der Waals surface area contributed by atoms with E-state index < -0.39 is 38.7 Å². The van der Waals surface area contributed by atoms with Crippen molar-refractivity contribution in [3.8, 4) is 6.07 Å². The van der Waals surface area contributed by atoms with Crippen molar-refractivity contribution in [1.29, 1.82) is 5.26 Å². The standard InChI is InChI=1S/C18H17F4N3O2S/c1-17(2,25-28(26,27)15-7-4-13(19)5-8-15)11-24-14-6-3-12(10-23)16(9-14)18(20,21)22/h3-9,24-25H,11H2,1-2H3. The summed E-state index contributed by atoms with van der Waals surface area (Å²) in [6.45, 7) is 3.03. The Morgan fingerprint density at radius 2 is 1.68 bits per heavy atom. The van der Waals surface area contributed by atoms with Crippen LogP contribution in [0.25, 0.3) is 0 Å². The number of benzene rings is 2. The highest BCUT2D eigenvalue weighted by atomic mass is 32.2. The zero-order valence-corrected chi connectivity index (χ0v) is 15.7. The molecule has 2 aromatic rings. The summed E-state index contributed by atoms with van der Waals surface area (Å²) in [5, 5.41) is 11.5. The molecular weight excluding hydrogens is 398 g/mol. The van der Waals surface area contributed by atoms with Crippen LogP contribution in [0.3, 0.4) is 0 Å². The minimum atomic E-state index is -4.69. The maximum Gasteiger partial charge on any atom is 0.417 e. The summed E-state index contributed by atoms with van der Waals surface area (Å²) in [4.78, 5) is -0.139. The largest absolute Gasteiger partial charge is 0.417 e. The van der Waals surface area contributed by atoms with E-state index >= 15 is 0 Å². The van der Waals surface area contributed by atoms with Crippen molar-refractivity contribution in [3.63, 3.8) is 0 Å². The summed E-state index contributed by atoms with van der Waals surface area (Å²) in [6, 6.07) is 8.87. The Balaban J connectivity index is 2.15. The van der Waals surface area contributed by atoms with E-state index in [-0.39, 0.29) is 17.1 Å². The van der Waals surface area contributed by atoms with Crippen LogP contribution < -0.4 is 10.0 Å². The third kappa shape index (κ3) is 5.43. The van der Waals surface area contributed by atoms with E-state index in [4.69, 9.17) is 5.26 Å². The van der Waals surface area contributed by atoms with Gasteiger partial charge in [0, 0.05) is 17.8 Å². The van der Waals surface area contributed by atoms with Crippen molar-refractivity contribution >= 4 is 15.7 Å². The van der Waals surface area contributed by atoms with Crippen LogP contribution in [-0.4, -0.2) is 20.5 Å². The number of anilines is 1. The molecule has 0 bridgehead atoms. The van der Waals surface area contributed by atoms with Gasteiger partial charge in [0.05, 0.1) is 22.1 Å². The zero-order chi connectivity index (χ0) is 21.2. The minimum Gasteiger partial charge on any atom is -0.383 e. The molecule has 2 N–H and O–H groups in total. The van der Waals surface area contributed by atoms with Gasteiger partial charge in [-0.15, -0.1) is 0 Å². The number of hydrogen-bond acceptors (Lipinski definition) is 4. The molecule has 0 heterocycles. The Bertz CT molecular complexity index is 995. The topological polar surface area (TPSA) is 82.0 Å². The van der Waals surface area contributed by atoms with Crippen LogP contribution in [0.4, 0.5) is 23.2 Å². The van der Waals surface area contributed by atoms with Gasteiger partial charge in [0.2, 0.25) is 10.0 Å². The first kappa shape index (κ1) is 21.7. The number of rotatable bonds is 6. The van der Waals surface area contributed by atoms with Crippen molar-refractivity contribution in [3.05, 3.63) is 59.4 Å². The molecule has 0 aliphatic heterocycles. The second-order valence-electron chi connectivity index (χ2n) is 6.67. The number of alkyl halides is 3. The molecule has 0 aliphatic rings. The van der Waals surface area contributed by atoms with Crippen molar-refractivity contribution < 1.29 is 26.0 Å². The summed E-state index contributed by atoms with van der Waals surface area (Å²) in [5.41, 5.74) is -2.58. The molecule has 0 aromatic heterocycles. The van der Waals surface area contributed by atoms with Crippen LogP contribution in [0.5, 0.6) is 0 Å². The minimum absolute atomic E-state index is 0.0450. The van der Waals surface area contributed by atoms with E-state index in [1.54, 1.807) is 0 Å². The van der Waals surface area contributed by atoms with Crippen LogP contribution in [-0.2, 0) is 16.2 Å². The van der Waals surface area contributed by atoms with Crippen LogP contribution in [0, 0.1) is 17.1 Å². The Labute approximate surface area is 160 Å². The smallest absolute Gasteiger partial charge is 0.383 e. The SMILES string of the molecule is CC(C)(CNc1ccc(C#N)c(C(F)(F)F)c1)NS(=O)(=O)c1ccc(F)cc1.